The molecule has 16 heavy (non-hydrogen) atoms. The van der Waals surface area contributed by atoms with Crippen molar-refractivity contribution in [3.8, 4) is 0 Å². The number of nitrogen functional groups attached to an aromatic ring is 1. The van der Waals surface area contributed by atoms with Crippen molar-refractivity contribution in [3.63, 3.8) is 0 Å². The second kappa shape index (κ2) is 5.46. The molecule has 0 aliphatic heterocycles. The van der Waals surface area contributed by atoms with Gasteiger partial charge in [0.25, 0.3) is 5.91 Å². The lowest BCUT2D eigenvalue weighted by Gasteiger charge is -2.18. The molecule has 0 aromatic carbocycles. The Hall–Kier alpha value is -1.62. The van der Waals surface area contributed by atoms with E-state index in [1.807, 2.05) is 25.9 Å². The van der Waals surface area contributed by atoms with E-state index in [9.17, 15) is 4.79 Å². The van der Waals surface area contributed by atoms with E-state index in [2.05, 4.69) is 10.3 Å². The van der Waals surface area contributed by atoms with Crippen LogP contribution in [0.15, 0.2) is 18.2 Å². The molecule has 1 atom stereocenters. The summed E-state index contributed by atoms with van der Waals surface area (Å²) in [5, 5.41) is 2.86. The molecule has 1 unspecified atom stereocenters. The molecule has 0 spiro atoms. The largest absolute Gasteiger partial charge is 0.384 e. The van der Waals surface area contributed by atoms with Crippen LogP contribution in [0.5, 0.6) is 0 Å². The van der Waals surface area contributed by atoms with E-state index in [1.165, 1.54) is 0 Å². The fraction of sp³-hybridized carbons (Fsp3) is 0.455. The first-order valence-electron chi connectivity index (χ1n) is 5.17. The van der Waals surface area contributed by atoms with Gasteiger partial charge in [-0.15, -0.1) is 0 Å². The van der Waals surface area contributed by atoms with Crippen LogP contribution in [0.2, 0.25) is 0 Å². The fourth-order valence-corrected chi connectivity index (χ4v) is 1.47. The summed E-state index contributed by atoms with van der Waals surface area (Å²) in [6.45, 7) is 2.73. The Labute approximate surface area is 95.7 Å². The smallest absolute Gasteiger partial charge is 0.270 e. The minimum absolute atomic E-state index is 0.0748. The average Bonchev–Trinajstić information content (AvgIpc) is 2.16. The van der Waals surface area contributed by atoms with E-state index in [1.54, 1.807) is 18.2 Å². The van der Waals surface area contributed by atoms with E-state index in [0.29, 0.717) is 11.5 Å². The molecule has 1 aromatic rings. The van der Waals surface area contributed by atoms with E-state index in [-0.39, 0.29) is 11.9 Å². The standard InChI is InChI=1S/C11H18N4O/c1-8(7-15(2)3)13-11(16)9-5-4-6-10(12)14-9/h4-6,8H,7H2,1-3H3,(H2,12,14)(H,13,16). The lowest BCUT2D eigenvalue weighted by Crippen LogP contribution is -2.39. The molecule has 3 N–H and O–H groups in total. The maximum absolute atomic E-state index is 11.7. The molecule has 0 radical (unpaired) electrons. The first kappa shape index (κ1) is 12.4. The third-order valence-electron chi connectivity index (χ3n) is 2.02. The van der Waals surface area contributed by atoms with Crippen molar-refractivity contribution < 1.29 is 4.79 Å². The Morgan fingerprint density at radius 3 is 2.81 bits per heavy atom. The second-order valence-corrected chi connectivity index (χ2v) is 4.08. The Kier molecular flexibility index (Phi) is 4.25. The van der Waals surface area contributed by atoms with E-state index in [4.69, 9.17) is 5.73 Å². The minimum Gasteiger partial charge on any atom is -0.384 e. The molecule has 5 nitrogen and oxygen atoms in total. The molecule has 88 valence electrons. The van der Waals surface area contributed by atoms with Crippen molar-refractivity contribution in [2.75, 3.05) is 26.4 Å². The van der Waals surface area contributed by atoms with Gasteiger partial charge in [0.2, 0.25) is 0 Å². The second-order valence-electron chi connectivity index (χ2n) is 4.08. The number of likely N-dealkylation sites (N-methyl/N-ethyl adjacent to an activating group) is 1. The van der Waals surface area contributed by atoms with Crippen molar-refractivity contribution in [1.29, 1.82) is 0 Å². The molecule has 0 saturated heterocycles. The van der Waals surface area contributed by atoms with Crippen molar-refractivity contribution in [2.24, 2.45) is 0 Å². The van der Waals surface area contributed by atoms with Crippen LogP contribution in [0.1, 0.15) is 17.4 Å². The predicted molar refractivity (Wildman–Crippen MR) is 64.1 cm³/mol. The van der Waals surface area contributed by atoms with Crippen molar-refractivity contribution in [1.82, 2.24) is 15.2 Å². The van der Waals surface area contributed by atoms with Crippen LogP contribution in [0.4, 0.5) is 5.82 Å². The number of nitrogens with two attached hydrogens (primary N) is 1. The Balaban J connectivity index is 2.59. The normalized spacial score (nSPS) is 12.5. The number of rotatable bonds is 4. The van der Waals surface area contributed by atoms with Gasteiger partial charge in [-0.2, -0.15) is 0 Å². The highest BCUT2D eigenvalue weighted by molar-refractivity contribution is 5.92. The number of pyridine rings is 1. The molecule has 0 fully saturated rings. The summed E-state index contributed by atoms with van der Waals surface area (Å²) in [6, 6.07) is 5.09. The lowest BCUT2D eigenvalue weighted by molar-refractivity contribution is 0.0929. The zero-order valence-electron chi connectivity index (χ0n) is 9.90. The summed E-state index contributed by atoms with van der Waals surface area (Å²) in [7, 11) is 3.92. The molecule has 5 heteroatoms. The summed E-state index contributed by atoms with van der Waals surface area (Å²) in [6.07, 6.45) is 0. The molecule has 0 saturated carbocycles. The van der Waals surface area contributed by atoms with Gasteiger partial charge in [0.1, 0.15) is 11.5 Å². The number of anilines is 1. The number of hydrogen-bond acceptors (Lipinski definition) is 4. The highest BCUT2D eigenvalue weighted by atomic mass is 16.1. The van der Waals surface area contributed by atoms with E-state index >= 15 is 0 Å². The molecule has 0 aliphatic carbocycles. The van der Waals surface area contributed by atoms with Crippen LogP contribution in [0.25, 0.3) is 0 Å². The molecule has 1 amide bonds. The molecule has 0 aliphatic rings. The van der Waals surface area contributed by atoms with Crippen LogP contribution in [0, 0.1) is 0 Å². The van der Waals surface area contributed by atoms with Gasteiger partial charge < -0.3 is 16.0 Å². The molecule has 1 rings (SSSR count). The summed E-state index contributed by atoms with van der Waals surface area (Å²) in [5.41, 5.74) is 5.86. The zero-order chi connectivity index (χ0) is 12.1. The Morgan fingerprint density at radius 1 is 1.56 bits per heavy atom. The van der Waals surface area contributed by atoms with Crippen molar-refractivity contribution in [3.05, 3.63) is 23.9 Å². The van der Waals surface area contributed by atoms with E-state index in [0.717, 1.165) is 6.54 Å². The van der Waals surface area contributed by atoms with Gasteiger partial charge in [0, 0.05) is 12.6 Å². The first-order chi connectivity index (χ1) is 7.49. The van der Waals surface area contributed by atoms with Gasteiger partial charge in [-0.1, -0.05) is 6.07 Å². The van der Waals surface area contributed by atoms with Crippen LogP contribution in [0.3, 0.4) is 0 Å². The molecule has 0 bridgehead atoms. The van der Waals surface area contributed by atoms with Gasteiger partial charge in [-0.05, 0) is 33.2 Å². The van der Waals surface area contributed by atoms with Crippen molar-refractivity contribution in [2.45, 2.75) is 13.0 Å². The number of nitrogens with one attached hydrogen (secondary N) is 1. The molecular weight excluding hydrogens is 204 g/mol. The predicted octanol–water partition coefficient (Wildman–Crippen LogP) is 0.344. The quantitative estimate of drug-likeness (QED) is 0.771. The Bertz CT molecular complexity index is 365. The number of carbonyl (C=O) groups excluding carboxylic acids is 1. The summed E-state index contributed by atoms with van der Waals surface area (Å²) >= 11 is 0. The third kappa shape index (κ3) is 3.86. The van der Waals surface area contributed by atoms with Crippen LogP contribution >= 0.6 is 0 Å². The Morgan fingerprint density at radius 2 is 2.25 bits per heavy atom. The van der Waals surface area contributed by atoms with Crippen LogP contribution in [-0.4, -0.2) is 42.5 Å². The summed E-state index contributed by atoms with van der Waals surface area (Å²) < 4.78 is 0. The number of amides is 1. The minimum atomic E-state index is -0.193. The monoisotopic (exact) mass is 222 g/mol. The van der Waals surface area contributed by atoms with Gasteiger partial charge in [0.05, 0.1) is 0 Å². The van der Waals surface area contributed by atoms with Gasteiger partial charge in [-0.25, -0.2) is 4.98 Å². The average molecular weight is 222 g/mol. The molecule has 1 heterocycles. The number of aromatic nitrogens is 1. The summed E-state index contributed by atoms with van der Waals surface area (Å²) in [5.74, 6) is 0.162. The number of carbonyl (C=O) groups is 1. The maximum Gasteiger partial charge on any atom is 0.270 e. The topological polar surface area (TPSA) is 71.2 Å². The maximum atomic E-state index is 11.7. The highest BCUT2D eigenvalue weighted by Crippen LogP contribution is 2.00. The fourth-order valence-electron chi connectivity index (χ4n) is 1.47. The van der Waals surface area contributed by atoms with Crippen molar-refractivity contribution >= 4 is 11.7 Å². The first-order valence-corrected chi connectivity index (χ1v) is 5.17. The molecule has 1 aromatic heterocycles. The van der Waals surface area contributed by atoms with Crippen LogP contribution < -0.4 is 11.1 Å². The van der Waals surface area contributed by atoms with Gasteiger partial charge in [-0.3, -0.25) is 4.79 Å². The summed E-state index contributed by atoms with van der Waals surface area (Å²) in [4.78, 5) is 17.7. The lowest BCUT2D eigenvalue weighted by atomic mass is 10.2. The van der Waals surface area contributed by atoms with E-state index < -0.39 is 0 Å². The van der Waals surface area contributed by atoms with Gasteiger partial charge in [0.15, 0.2) is 0 Å². The zero-order valence-corrected chi connectivity index (χ0v) is 9.90. The number of hydrogen-bond donors (Lipinski definition) is 2. The van der Waals surface area contributed by atoms with Gasteiger partial charge >= 0.3 is 0 Å². The highest BCUT2D eigenvalue weighted by Gasteiger charge is 2.11. The molecular formula is C11H18N4O. The number of nitrogens with zero attached hydrogens (tertiary/aromatic N) is 2. The third-order valence-corrected chi connectivity index (χ3v) is 2.02. The SMILES string of the molecule is CC(CN(C)C)NC(=O)c1cccc(N)n1. The van der Waals surface area contributed by atoms with Crippen LogP contribution in [-0.2, 0) is 0 Å².